The molecule has 0 amide bonds. The first kappa shape index (κ1) is 13.6. The summed E-state index contributed by atoms with van der Waals surface area (Å²) in [4.78, 5) is 12.7. The van der Waals surface area contributed by atoms with Gasteiger partial charge < -0.3 is 5.11 Å². The van der Waals surface area contributed by atoms with Gasteiger partial charge in [0.1, 0.15) is 0 Å². The van der Waals surface area contributed by atoms with E-state index in [-0.39, 0.29) is 6.54 Å². The van der Waals surface area contributed by atoms with E-state index in [0.717, 1.165) is 0 Å². The minimum Gasteiger partial charge on any atom is -0.480 e. The molecule has 1 aliphatic carbocycles. The molecule has 0 aliphatic heterocycles. The molecule has 0 radical (unpaired) electrons. The summed E-state index contributed by atoms with van der Waals surface area (Å²) in [7, 11) is 0. The summed E-state index contributed by atoms with van der Waals surface area (Å²) >= 11 is 0. The maximum Gasteiger partial charge on any atom is 0.317 e. The second-order valence-corrected chi connectivity index (χ2v) is 4.99. The number of nitrogens with zero attached hydrogens (tertiary/aromatic N) is 2. The Morgan fingerprint density at radius 2 is 2.16 bits per heavy atom. The first-order valence-electron chi connectivity index (χ1n) is 6.59. The van der Waals surface area contributed by atoms with Crippen LogP contribution >= 0.6 is 0 Å². The molecule has 0 spiro atoms. The van der Waals surface area contributed by atoms with Gasteiger partial charge in [-0.05, 0) is 29.9 Å². The van der Waals surface area contributed by atoms with Crippen molar-refractivity contribution in [3.63, 3.8) is 0 Å². The van der Waals surface area contributed by atoms with Gasteiger partial charge in [-0.25, -0.2) is 0 Å². The van der Waals surface area contributed by atoms with Gasteiger partial charge in [-0.1, -0.05) is 24.3 Å². The third-order valence-corrected chi connectivity index (χ3v) is 3.36. The van der Waals surface area contributed by atoms with Gasteiger partial charge in [0.05, 0.1) is 12.6 Å². The zero-order valence-electron chi connectivity index (χ0n) is 10.9. The standard InChI is InChI=1S/C15H18N2O2/c16-8-3-9-17(11-15(18)19)10-13-4-1-2-5-14(13)12-6-7-12/h1-2,4-5,12H,3,6-7,9-11H2,(H,18,19). The summed E-state index contributed by atoms with van der Waals surface area (Å²) in [6.45, 7) is 1.10. The van der Waals surface area contributed by atoms with Crippen LogP contribution in [0, 0.1) is 11.3 Å². The second-order valence-electron chi connectivity index (χ2n) is 4.99. The van der Waals surface area contributed by atoms with Crippen LogP contribution in [0.15, 0.2) is 24.3 Å². The second kappa shape index (κ2) is 6.35. The molecule has 4 heteroatoms. The summed E-state index contributed by atoms with van der Waals surface area (Å²) in [5.74, 6) is -0.194. The third kappa shape index (κ3) is 4.08. The molecule has 1 N–H and O–H groups in total. The lowest BCUT2D eigenvalue weighted by Gasteiger charge is -2.20. The number of carbonyl (C=O) groups is 1. The number of hydrogen-bond acceptors (Lipinski definition) is 3. The van der Waals surface area contributed by atoms with Gasteiger partial charge in [0.2, 0.25) is 0 Å². The minimum absolute atomic E-state index is 0.0132. The number of benzene rings is 1. The monoisotopic (exact) mass is 258 g/mol. The van der Waals surface area contributed by atoms with Crippen LogP contribution in [-0.2, 0) is 11.3 Å². The Morgan fingerprint density at radius 3 is 2.79 bits per heavy atom. The fraction of sp³-hybridized carbons (Fsp3) is 0.467. The Hall–Kier alpha value is -1.86. The molecule has 1 aromatic carbocycles. The number of nitriles is 1. The fourth-order valence-electron chi connectivity index (χ4n) is 2.33. The molecule has 0 saturated heterocycles. The van der Waals surface area contributed by atoms with Crippen molar-refractivity contribution in [1.29, 1.82) is 5.26 Å². The van der Waals surface area contributed by atoms with E-state index in [1.54, 1.807) is 0 Å². The summed E-state index contributed by atoms with van der Waals surface area (Å²) < 4.78 is 0. The highest BCUT2D eigenvalue weighted by molar-refractivity contribution is 5.69. The van der Waals surface area contributed by atoms with Gasteiger partial charge in [-0.15, -0.1) is 0 Å². The molecule has 2 rings (SSSR count). The Bertz CT molecular complexity index is 489. The molecule has 100 valence electrons. The normalized spacial score (nSPS) is 14.3. The van der Waals surface area contributed by atoms with Crippen molar-refractivity contribution in [1.82, 2.24) is 4.90 Å². The van der Waals surface area contributed by atoms with Gasteiger partial charge >= 0.3 is 5.97 Å². The molecule has 0 atom stereocenters. The van der Waals surface area contributed by atoms with Crippen molar-refractivity contribution in [2.24, 2.45) is 0 Å². The number of hydrogen-bond donors (Lipinski definition) is 1. The lowest BCUT2D eigenvalue weighted by atomic mass is 10.0. The predicted molar refractivity (Wildman–Crippen MR) is 71.6 cm³/mol. The van der Waals surface area contributed by atoms with Crippen molar-refractivity contribution in [2.45, 2.75) is 31.7 Å². The maximum atomic E-state index is 10.9. The highest BCUT2D eigenvalue weighted by atomic mass is 16.4. The molecular weight excluding hydrogens is 240 g/mol. The summed E-state index contributed by atoms with van der Waals surface area (Å²) in [6, 6.07) is 10.3. The molecule has 0 heterocycles. The van der Waals surface area contributed by atoms with E-state index >= 15 is 0 Å². The van der Waals surface area contributed by atoms with E-state index in [1.165, 1.54) is 24.0 Å². The topological polar surface area (TPSA) is 64.3 Å². The van der Waals surface area contributed by atoms with Crippen LogP contribution in [-0.4, -0.2) is 29.1 Å². The molecule has 4 nitrogen and oxygen atoms in total. The SMILES string of the molecule is N#CCCN(CC(=O)O)Cc1ccccc1C1CC1. The van der Waals surface area contributed by atoms with Crippen molar-refractivity contribution >= 4 is 5.97 Å². The predicted octanol–water partition coefficient (Wildman–Crippen LogP) is 2.36. The Labute approximate surface area is 113 Å². The van der Waals surface area contributed by atoms with Gasteiger partial charge in [0, 0.05) is 19.5 Å². The van der Waals surface area contributed by atoms with Crippen LogP contribution in [0.1, 0.15) is 36.3 Å². The Balaban J connectivity index is 2.07. The third-order valence-electron chi connectivity index (χ3n) is 3.36. The molecule has 0 unspecified atom stereocenters. The molecule has 19 heavy (non-hydrogen) atoms. The first-order valence-corrected chi connectivity index (χ1v) is 6.59. The zero-order chi connectivity index (χ0) is 13.7. The van der Waals surface area contributed by atoms with E-state index < -0.39 is 5.97 Å². The molecule has 0 bridgehead atoms. The number of carboxylic acid groups (broad SMARTS) is 1. The van der Waals surface area contributed by atoms with E-state index in [4.69, 9.17) is 10.4 Å². The lowest BCUT2D eigenvalue weighted by Crippen LogP contribution is -2.30. The van der Waals surface area contributed by atoms with Gasteiger partial charge in [-0.3, -0.25) is 9.69 Å². The molecule has 0 aromatic heterocycles. The first-order chi connectivity index (χ1) is 9.20. The number of aliphatic carboxylic acids is 1. The Kier molecular flexibility index (Phi) is 4.53. The van der Waals surface area contributed by atoms with Crippen molar-refractivity contribution < 1.29 is 9.90 Å². The van der Waals surface area contributed by atoms with Crippen molar-refractivity contribution in [3.8, 4) is 6.07 Å². The fourth-order valence-corrected chi connectivity index (χ4v) is 2.33. The number of rotatable bonds is 7. The van der Waals surface area contributed by atoms with E-state index in [1.807, 2.05) is 17.0 Å². The van der Waals surface area contributed by atoms with E-state index in [2.05, 4.69) is 18.2 Å². The molecular formula is C15H18N2O2. The summed E-state index contributed by atoms with van der Waals surface area (Å²) in [5.41, 5.74) is 2.54. The molecule has 1 aromatic rings. The highest BCUT2D eigenvalue weighted by Crippen LogP contribution is 2.41. The zero-order valence-corrected chi connectivity index (χ0v) is 10.9. The average molecular weight is 258 g/mol. The summed E-state index contributed by atoms with van der Waals surface area (Å²) in [5, 5.41) is 17.6. The quantitative estimate of drug-likeness (QED) is 0.815. The highest BCUT2D eigenvalue weighted by Gasteiger charge is 2.26. The smallest absolute Gasteiger partial charge is 0.317 e. The van der Waals surface area contributed by atoms with Crippen LogP contribution in [0.2, 0.25) is 0 Å². The van der Waals surface area contributed by atoms with Crippen LogP contribution in [0.25, 0.3) is 0 Å². The van der Waals surface area contributed by atoms with E-state index in [9.17, 15) is 4.79 Å². The van der Waals surface area contributed by atoms with E-state index in [0.29, 0.717) is 25.4 Å². The average Bonchev–Trinajstić information content (AvgIpc) is 3.20. The van der Waals surface area contributed by atoms with Crippen molar-refractivity contribution in [2.75, 3.05) is 13.1 Å². The molecule has 1 aliphatic rings. The lowest BCUT2D eigenvalue weighted by molar-refractivity contribution is -0.138. The molecule has 1 saturated carbocycles. The number of carboxylic acids is 1. The summed E-state index contributed by atoms with van der Waals surface area (Å²) in [6.07, 6.45) is 2.82. The van der Waals surface area contributed by atoms with Crippen LogP contribution in [0.5, 0.6) is 0 Å². The van der Waals surface area contributed by atoms with Crippen LogP contribution < -0.4 is 0 Å². The Morgan fingerprint density at radius 1 is 1.42 bits per heavy atom. The van der Waals surface area contributed by atoms with Gasteiger partial charge in [0.15, 0.2) is 0 Å². The van der Waals surface area contributed by atoms with Crippen LogP contribution in [0.3, 0.4) is 0 Å². The van der Waals surface area contributed by atoms with Gasteiger partial charge in [0.25, 0.3) is 0 Å². The van der Waals surface area contributed by atoms with Crippen LogP contribution in [0.4, 0.5) is 0 Å². The van der Waals surface area contributed by atoms with Crippen molar-refractivity contribution in [3.05, 3.63) is 35.4 Å². The maximum absolute atomic E-state index is 10.9. The molecule has 1 fully saturated rings. The minimum atomic E-state index is -0.846. The van der Waals surface area contributed by atoms with Gasteiger partial charge in [-0.2, -0.15) is 5.26 Å². The largest absolute Gasteiger partial charge is 0.480 e.